The monoisotopic (exact) mass is 533 g/mol. The lowest BCUT2D eigenvalue weighted by Crippen LogP contribution is -1.90. The van der Waals surface area contributed by atoms with Crippen LogP contribution in [0.5, 0.6) is 0 Å². The number of hydrogen-bond acceptors (Lipinski definition) is 3. The van der Waals surface area contributed by atoms with E-state index in [9.17, 15) is 5.26 Å². The second kappa shape index (κ2) is 9.66. The zero-order valence-corrected chi connectivity index (χ0v) is 22.6. The number of nitriles is 1. The Bertz CT molecular complexity index is 2360. The number of aromatic nitrogens is 2. The molecule has 0 saturated heterocycles. The van der Waals surface area contributed by atoms with Gasteiger partial charge in [-0.15, -0.1) is 0 Å². The van der Waals surface area contributed by atoms with Crippen LogP contribution in [0.25, 0.3) is 76.9 Å². The number of fused-ring (bicyclic) bond motifs is 5. The molecule has 194 valence electrons. The minimum atomic E-state index is 0.660. The van der Waals surface area contributed by atoms with E-state index >= 15 is 0 Å². The van der Waals surface area contributed by atoms with Crippen LogP contribution in [0.2, 0.25) is 0 Å². The molecule has 3 nitrogen and oxygen atoms in total. The normalized spacial score (nSPS) is 11.3. The Balaban J connectivity index is 1.32. The van der Waals surface area contributed by atoms with E-state index in [2.05, 4.69) is 114 Å². The molecular formula is C39H23N3. The van der Waals surface area contributed by atoms with Gasteiger partial charge in [-0.1, -0.05) is 91.0 Å². The van der Waals surface area contributed by atoms with Crippen molar-refractivity contribution in [3.8, 4) is 39.6 Å². The quantitative estimate of drug-likeness (QED) is 0.212. The lowest BCUT2D eigenvalue weighted by atomic mass is 9.91. The third-order valence-corrected chi connectivity index (χ3v) is 8.11. The van der Waals surface area contributed by atoms with Gasteiger partial charge in [0.2, 0.25) is 0 Å². The largest absolute Gasteiger partial charge is 0.254 e. The van der Waals surface area contributed by atoms with Crippen molar-refractivity contribution in [3.05, 3.63) is 145 Å². The summed E-state index contributed by atoms with van der Waals surface area (Å²) in [6.07, 6.45) is 1.83. The molecule has 0 fully saturated rings. The van der Waals surface area contributed by atoms with E-state index in [1.54, 1.807) is 0 Å². The second-order valence-electron chi connectivity index (χ2n) is 10.6. The first-order valence-corrected chi connectivity index (χ1v) is 14.0. The van der Waals surface area contributed by atoms with E-state index < -0.39 is 0 Å². The molecule has 0 aliphatic carbocycles. The molecule has 0 spiro atoms. The van der Waals surface area contributed by atoms with Crippen molar-refractivity contribution in [1.29, 1.82) is 5.26 Å². The SMILES string of the molecule is N#Cc1ccc(-c2cc(-c3ccc4cccc(-c5ccc6ccc7cccnc7c6n5)c4c3)cc3ccccc23)cc1. The van der Waals surface area contributed by atoms with Crippen LogP contribution in [0.1, 0.15) is 5.56 Å². The predicted octanol–water partition coefficient (Wildman–Crippen LogP) is 9.96. The summed E-state index contributed by atoms with van der Waals surface area (Å²) in [5.41, 5.74) is 9.05. The van der Waals surface area contributed by atoms with E-state index in [1.807, 2.05) is 36.5 Å². The van der Waals surface area contributed by atoms with Crippen molar-refractivity contribution in [2.75, 3.05) is 0 Å². The molecule has 8 aromatic rings. The first-order valence-electron chi connectivity index (χ1n) is 14.0. The maximum atomic E-state index is 9.30. The van der Waals surface area contributed by atoms with E-state index in [-0.39, 0.29) is 0 Å². The zero-order chi connectivity index (χ0) is 28.0. The highest BCUT2D eigenvalue weighted by molar-refractivity contribution is 6.06. The van der Waals surface area contributed by atoms with Crippen LogP contribution in [-0.4, -0.2) is 9.97 Å². The second-order valence-corrected chi connectivity index (χ2v) is 10.6. The minimum absolute atomic E-state index is 0.660. The van der Waals surface area contributed by atoms with Gasteiger partial charge >= 0.3 is 0 Å². The van der Waals surface area contributed by atoms with E-state index in [4.69, 9.17) is 4.98 Å². The van der Waals surface area contributed by atoms with Gasteiger partial charge in [-0.2, -0.15) is 5.26 Å². The number of rotatable bonds is 3. The van der Waals surface area contributed by atoms with Crippen LogP contribution in [0.15, 0.2) is 140 Å². The topological polar surface area (TPSA) is 49.6 Å². The van der Waals surface area contributed by atoms with Gasteiger partial charge in [-0.3, -0.25) is 4.98 Å². The lowest BCUT2D eigenvalue weighted by molar-refractivity contribution is 1.37. The first kappa shape index (κ1) is 24.0. The average molecular weight is 534 g/mol. The van der Waals surface area contributed by atoms with Gasteiger partial charge in [0, 0.05) is 22.5 Å². The van der Waals surface area contributed by atoms with Gasteiger partial charge in [-0.25, -0.2) is 4.98 Å². The molecule has 0 aliphatic heterocycles. The van der Waals surface area contributed by atoms with Crippen molar-refractivity contribution in [1.82, 2.24) is 9.97 Å². The molecule has 0 N–H and O–H groups in total. The molecule has 0 aliphatic rings. The van der Waals surface area contributed by atoms with Crippen molar-refractivity contribution in [2.24, 2.45) is 0 Å². The number of benzene rings is 6. The van der Waals surface area contributed by atoms with Crippen LogP contribution in [0, 0.1) is 11.3 Å². The molecule has 3 heteroatoms. The molecular weight excluding hydrogens is 510 g/mol. The summed E-state index contributed by atoms with van der Waals surface area (Å²) in [5.74, 6) is 0. The first-order chi connectivity index (χ1) is 20.7. The van der Waals surface area contributed by atoms with Crippen molar-refractivity contribution >= 4 is 43.4 Å². The fourth-order valence-corrected chi connectivity index (χ4v) is 5.99. The van der Waals surface area contributed by atoms with Crippen LogP contribution < -0.4 is 0 Å². The molecule has 0 saturated carbocycles. The zero-order valence-electron chi connectivity index (χ0n) is 22.6. The van der Waals surface area contributed by atoms with Gasteiger partial charge in [0.25, 0.3) is 0 Å². The molecule has 2 aromatic heterocycles. The lowest BCUT2D eigenvalue weighted by Gasteiger charge is -2.13. The summed E-state index contributed by atoms with van der Waals surface area (Å²) >= 11 is 0. The Morgan fingerprint density at radius 2 is 1.21 bits per heavy atom. The molecule has 8 rings (SSSR count). The molecule has 42 heavy (non-hydrogen) atoms. The molecule has 0 radical (unpaired) electrons. The standard InChI is InChI=1S/C39H23N3/c40-24-25-10-12-27(13-11-25)35-23-32(21-31-5-1-2-8-33(31)35)30-17-14-26-6-3-9-34(36(26)22-30)37-19-18-29-16-15-28-7-4-20-41-38(28)39(29)42-37/h1-23H. The molecule has 6 aromatic carbocycles. The van der Waals surface area contributed by atoms with Crippen molar-refractivity contribution in [2.45, 2.75) is 0 Å². The Kier molecular flexibility index (Phi) is 5.52. The summed E-state index contributed by atoms with van der Waals surface area (Å²) in [7, 11) is 0. The van der Waals surface area contributed by atoms with Crippen LogP contribution in [0.4, 0.5) is 0 Å². The fraction of sp³-hybridized carbons (Fsp3) is 0. The van der Waals surface area contributed by atoms with Crippen LogP contribution in [0.3, 0.4) is 0 Å². The maximum Gasteiger partial charge on any atom is 0.0991 e. The Morgan fingerprint density at radius 3 is 2.10 bits per heavy atom. The number of hydrogen-bond donors (Lipinski definition) is 0. The van der Waals surface area contributed by atoms with Crippen LogP contribution >= 0.6 is 0 Å². The Morgan fingerprint density at radius 1 is 0.476 bits per heavy atom. The smallest absolute Gasteiger partial charge is 0.0991 e. The summed E-state index contributed by atoms with van der Waals surface area (Å²) in [5, 5.41) is 16.2. The van der Waals surface area contributed by atoms with Gasteiger partial charge in [0.15, 0.2) is 0 Å². The molecule has 0 bridgehead atoms. The molecule has 0 unspecified atom stereocenters. The van der Waals surface area contributed by atoms with Gasteiger partial charge < -0.3 is 0 Å². The van der Waals surface area contributed by atoms with Crippen molar-refractivity contribution < 1.29 is 0 Å². The Labute approximate surface area is 243 Å². The third-order valence-electron chi connectivity index (χ3n) is 8.11. The Hall–Kier alpha value is -5.85. The predicted molar refractivity (Wildman–Crippen MR) is 173 cm³/mol. The van der Waals surface area contributed by atoms with E-state index in [0.29, 0.717) is 5.56 Å². The third kappa shape index (κ3) is 3.98. The van der Waals surface area contributed by atoms with Gasteiger partial charge in [0.1, 0.15) is 0 Å². The minimum Gasteiger partial charge on any atom is -0.254 e. The number of nitrogens with zero attached hydrogens (tertiary/aromatic N) is 3. The summed E-state index contributed by atoms with van der Waals surface area (Å²) in [6.45, 7) is 0. The van der Waals surface area contributed by atoms with E-state index in [1.165, 1.54) is 16.2 Å². The summed E-state index contributed by atoms with van der Waals surface area (Å²) in [6, 6.07) is 48.7. The van der Waals surface area contributed by atoms with Gasteiger partial charge in [0.05, 0.1) is 28.4 Å². The molecule has 0 atom stereocenters. The van der Waals surface area contributed by atoms with Crippen LogP contribution in [-0.2, 0) is 0 Å². The fourth-order valence-electron chi connectivity index (χ4n) is 5.99. The highest BCUT2D eigenvalue weighted by atomic mass is 14.8. The summed E-state index contributed by atoms with van der Waals surface area (Å²) < 4.78 is 0. The molecule has 2 heterocycles. The molecule has 0 amide bonds. The average Bonchev–Trinajstić information content (AvgIpc) is 3.07. The maximum absolute atomic E-state index is 9.30. The highest BCUT2D eigenvalue weighted by Crippen LogP contribution is 2.37. The van der Waals surface area contributed by atoms with E-state index in [0.717, 1.165) is 60.7 Å². The van der Waals surface area contributed by atoms with Gasteiger partial charge in [-0.05, 0) is 86.3 Å². The number of pyridine rings is 2. The highest BCUT2D eigenvalue weighted by Gasteiger charge is 2.12. The summed E-state index contributed by atoms with van der Waals surface area (Å²) in [4.78, 5) is 9.80. The van der Waals surface area contributed by atoms with Crippen molar-refractivity contribution in [3.63, 3.8) is 0 Å².